The molecule has 23 heavy (non-hydrogen) atoms. The van der Waals surface area contributed by atoms with Crippen LogP contribution in [-0.2, 0) is 0 Å². The van der Waals surface area contributed by atoms with Crippen molar-refractivity contribution >= 4 is 34.9 Å². The number of aryl methyl sites for hydroxylation is 1. The zero-order valence-electron chi connectivity index (χ0n) is 12.5. The Morgan fingerprint density at radius 3 is 2.22 bits per heavy atom. The van der Waals surface area contributed by atoms with Gasteiger partial charge in [0.25, 0.3) is 5.91 Å². The normalized spacial score (nSPS) is 13.0. The predicted molar refractivity (Wildman–Crippen MR) is 95.1 cm³/mol. The number of amides is 1. The highest BCUT2D eigenvalue weighted by Crippen LogP contribution is 2.12. The van der Waals surface area contributed by atoms with Gasteiger partial charge in [-0.25, -0.2) is 4.99 Å². The third-order valence-corrected chi connectivity index (χ3v) is 3.66. The topological polar surface area (TPSA) is 67.5 Å². The summed E-state index contributed by atoms with van der Waals surface area (Å²) in [6, 6.07) is 16.3. The van der Waals surface area contributed by atoms with Crippen LogP contribution in [-0.4, -0.2) is 22.7 Å². The summed E-state index contributed by atoms with van der Waals surface area (Å²) in [7, 11) is 0. The van der Waals surface area contributed by atoms with Gasteiger partial charge >= 0.3 is 0 Å². The molecule has 0 bridgehead atoms. The lowest BCUT2D eigenvalue weighted by molar-refractivity contribution is 0.0940. The summed E-state index contributed by atoms with van der Waals surface area (Å²) < 4.78 is 0. The standard InChI is InChI=1S/C17H17Cl2N3O/c1-11-7-9-12(10-8-11)15(20)21-16(14(18)19)22-17(23)13-5-3-2-4-6-13/h2-10,14,16H,1H3,(H2,20,21)(H,22,23)/t16-/m0/s1. The Kier molecular flexibility index (Phi) is 6.02. The smallest absolute Gasteiger partial charge is 0.252 e. The molecule has 2 aromatic carbocycles. The van der Waals surface area contributed by atoms with Crippen molar-refractivity contribution in [3.8, 4) is 0 Å². The van der Waals surface area contributed by atoms with Crippen LogP contribution in [0.25, 0.3) is 0 Å². The fraction of sp³-hybridized carbons (Fsp3) is 0.176. The van der Waals surface area contributed by atoms with E-state index in [2.05, 4.69) is 10.3 Å². The number of aliphatic imine (C=N–C) groups is 1. The Morgan fingerprint density at radius 1 is 1.04 bits per heavy atom. The first-order chi connectivity index (χ1) is 11.0. The molecule has 0 aliphatic heterocycles. The Labute approximate surface area is 145 Å². The number of carbonyl (C=O) groups excluding carboxylic acids is 1. The van der Waals surface area contributed by atoms with Gasteiger partial charge in [0.15, 0.2) is 6.17 Å². The molecule has 4 nitrogen and oxygen atoms in total. The summed E-state index contributed by atoms with van der Waals surface area (Å²) in [6.07, 6.45) is -0.840. The molecule has 0 fully saturated rings. The van der Waals surface area contributed by atoms with Crippen LogP contribution in [0.3, 0.4) is 0 Å². The van der Waals surface area contributed by atoms with Gasteiger partial charge in [-0.2, -0.15) is 0 Å². The molecule has 3 N–H and O–H groups in total. The number of nitrogens with two attached hydrogens (primary N) is 1. The van der Waals surface area contributed by atoms with Crippen LogP contribution in [0.4, 0.5) is 0 Å². The van der Waals surface area contributed by atoms with Gasteiger partial charge < -0.3 is 11.1 Å². The van der Waals surface area contributed by atoms with Crippen molar-refractivity contribution in [2.24, 2.45) is 10.7 Å². The summed E-state index contributed by atoms with van der Waals surface area (Å²) >= 11 is 11.8. The number of rotatable bonds is 5. The molecular formula is C17H17Cl2N3O. The van der Waals surface area contributed by atoms with Crippen LogP contribution in [0.1, 0.15) is 21.5 Å². The second-order valence-electron chi connectivity index (χ2n) is 5.00. The molecular weight excluding hydrogens is 333 g/mol. The van der Waals surface area contributed by atoms with Crippen molar-refractivity contribution in [3.63, 3.8) is 0 Å². The summed E-state index contributed by atoms with van der Waals surface area (Å²) in [5.41, 5.74) is 8.33. The summed E-state index contributed by atoms with van der Waals surface area (Å²) in [5.74, 6) is -0.0583. The van der Waals surface area contributed by atoms with Crippen molar-refractivity contribution in [1.29, 1.82) is 0 Å². The third kappa shape index (κ3) is 4.98. The number of nitrogens with zero attached hydrogens (tertiary/aromatic N) is 1. The van der Waals surface area contributed by atoms with Gasteiger partial charge in [-0.15, -0.1) is 23.2 Å². The number of carbonyl (C=O) groups is 1. The van der Waals surface area contributed by atoms with E-state index in [0.29, 0.717) is 5.56 Å². The van der Waals surface area contributed by atoms with Gasteiger partial charge in [-0.1, -0.05) is 48.0 Å². The highest BCUT2D eigenvalue weighted by Gasteiger charge is 2.20. The molecule has 0 unspecified atom stereocenters. The Bertz CT molecular complexity index is 685. The molecule has 1 amide bonds. The lowest BCUT2D eigenvalue weighted by Crippen LogP contribution is -2.39. The summed E-state index contributed by atoms with van der Waals surface area (Å²) in [6.45, 7) is 1.98. The lowest BCUT2D eigenvalue weighted by atomic mass is 10.1. The first-order valence-electron chi connectivity index (χ1n) is 7.02. The SMILES string of the molecule is Cc1ccc(C(N)=N[C@@H](NC(=O)c2ccccc2)C(Cl)Cl)cc1. The number of amidine groups is 1. The highest BCUT2D eigenvalue weighted by molar-refractivity contribution is 6.44. The van der Waals surface area contributed by atoms with Crippen molar-refractivity contribution in [1.82, 2.24) is 5.32 Å². The van der Waals surface area contributed by atoms with Crippen LogP contribution in [0.2, 0.25) is 0 Å². The van der Waals surface area contributed by atoms with Gasteiger partial charge in [0.05, 0.1) is 0 Å². The fourth-order valence-corrected chi connectivity index (χ4v) is 2.15. The number of halogens is 2. The molecule has 0 aliphatic rings. The average molecular weight is 350 g/mol. The molecule has 120 valence electrons. The number of hydrogen-bond donors (Lipinski definition) is 2. The number of hydrogen-bond acceptors (Lipinski definition) is 2. The second kappa shape index (κ2) is 7.99. The van der Waals surface area contributed by atoms with E-state index in [1.54, 1.807) is 24.3 Å². The van der Waals surface area contributed by atoms with Crippen LogP contribution in [0.15, 0.2) is 59.6 Å². The zero-order valence-corrected chi connectivity index (χ0v) is 14.1. The molecule has 0 saturated carbocycles. The summed E-state index contributed by atoms with van der Waals surface area (Å²) in [4.78, 5) is 15.5. The van der Waals surface area contributed by atoms with Crippen molar-refractivity contribution in [3.05, 3.63) is 71.3 Å². The van der Waals surface area contributed by atoms with Crippen molar-refractivity contribution in [2.45, 2.75) is 17.9 Å². The van der Waals surface area contributed by atoms with Gasteiger partial charge in [-0.3, -0.25) is 4.79 Å². The van der Waals surface area contributed by atoms with E-state index in [0.717, 1.165) is 11.1 Å². The van der Waals surface area contributed by atoms with Crippen molar-refractivity contribution < 1.29 is 4.79 Å². The molecule has 0 aromatic heterocycles. The third-order valence-electron chi connectivity index (χ3n) is 3.18. The van der Waals surface area contributed by atoms with Crippen LogP contribution < -0.4 is 11.1 Å². The number of benzene rings is 2. The monoisotopic (exact) mass is 349 g/mol. The molecule has 0 aliphatic carbocycles. The van der Waals surface area contributed by atoms with Crippen LogP contribution in [0.5, 0.6) is 0 Å². The minimum Gasteiger partial charge on any atom is -0.383 e. The van der Waals surface area contributed by atoms with Gasteiger partial charge in [0.2, 0.25) is 0 Å². The predicted octanol–water partition coefficient (Wildman–Crippen LogP) is 3.26. The quantitative estimate of drug-likeness (QED) is 0.494. The molecule has 0 saturated heterocycles. The first-order valence-corrected chi connectivity index (χ1v) is 7.89. The van der Waals surface area contributed by atoms with E-state index in [1.165, 1.54) is 0 Å². The van der Waals surface area contributed by atoms with E-state index >= 15 is 0 Å². The molecule has 2 aromatic rings. The van der Waals surface area contributed by atoms with E-state index in [-0.39, 0.29) is 11.7 Å². The lowest BCUT2D eigenvalue weighted by Gasteiger charge is -2.16. The first kappa shape index (κ1) is 17.3. The van der Waals surface area contributed by atoms with E-state index in [1.807, 2.05) is 37.3 Å². The van der Waals surface area contributed by atoms with Gasteiger partial charge in [-0.05, 0) is 19.1 Å². The molecule has 0 heterocycles. The van der Waals surface area contributed by atoms with Gasteiger partial charge in [0.1, 0.15) is 10.7 Å². The van der Waals surface area contributed by atoms with Gasteiger partial charge in [0, 0.05) is 11.1 Å². The minimum absolute atomic E-state index is 0.259. The minimum atomic E-state index is -0.924. The van der Waals surface area contributed by atoms with E-state index in [4.69, 9.17) is 28.9 Å². The Balaban J connectivity index is 2.16. The number of alkyl halides is 2. The molecule has 0 spiro atoms. The summed E-state index contributed by atoms with van der Waals surface area (Å²) in [5, 5.41) is 2.67. The maximum Gasteiger partial charge on any atom is 0.252 e. The van der Waals surface area contributed by atoms with Crippen LogP contribution >= 0.6 is 23.2 Å². The number of nitrogens with one attached hydrogen (secondary N) is 1. The van der Waals surface area contributed by atoms with E-state index in [9.17, 15) is 4.79 Å². The Hall–Kier alpha value is -2.04. The zero-order chi connectivity index (χ0) is 16.8. The maximum absolute atomic E-state index is 12.2. The molecule has 2 rings (SSSR count). The molecule has 1 atom stereocenters. The second-order valence-corrected chi connectivity index (χ2v) is 6.16. The van der Waals surface area contributed by atoms with E-state index < -0.39 is 11.0 Å². The Morgan fingerprint density at radius 2 is 1.65 bits per heavy atom. The maximum atomic E-state index is 12.2. The fourth-order valence-electron chi connectivity index (χ4n) is 1.91. The largest absolute Gasteiger partial charge is 0.383 e. The average Bonchev–Trinajstić information content (AvgIpc) is 2.55. The van der Waals surface area contributed by atoms with Crippen LogP contribution in [0, 0.1) is 6.92 Å². The highest BCUT2D eigenvalue weighted by atomic mass is 35.5. The molecule has 6 heteroatoms. The van der Waals surface area contributed by atoms with Crippen molar-refractivity contribution in [2.75, 3.05) is 0 Å². The molecule has 0 radical (unpaired) electrons.